The molecule has 0 aliphatic carbocycles. The maximum atomic E-state index is 11.8. The molecular formula is C16H17N3O4S. The number of hydrogen-bond donors (Lipinski definition) is 1. The number of sulfonamides is 1. The highest BCUT2D eigenvalue weighted by atomic mass is 32.2. The second-order valence-electron chi connectivity index (χ2n) is 5.24. The van der Waals surface area contributed by atoms with E-state index in [0.29, 0.717) is 23.6 Å². The van der Waals surface area contributed by atoms with Gasteiger partial charge in [0.15, 0.2) is 5.82 Å². The summed E-state index contributed by atoms with van der Waals surface area (Å²) in [7, 11) is -2.33. The van der Waals surface area contributed by atoms with Crippen LogP contribution in [0.2, 0.25) is 0 Å². The Balaban J connectivity index is 1.78. The molecule has 1 aromatic carbocycles. The van der Waals surface area contributed by atoms with E-state index in [-0.39, 0.29) is 11.0 Å². The molecule has 7 nitrogen and oxygen atoms in total. The zero-order valence-corrected chi connectivity index (χ0v) is 14.1. The molecule has 8 heteroatoms. The van der Waals surface area contributed by atoms with Gasteiger partial charge in [0, 0.05) is 12.5 Å². The molecule has 3 rings (SSSR count). The summed E-state index contributed by atoms with van der Waals surface area (Å²) in [4.78, 5) is 4.32. The lowest BCUT2D eigenvalue weighted by Gasteiger charge is -1.96. The van der Waals surface area contributed by atoms with Crippen molar-refractivity contribution in [1.82, 2.24) is 14.9 Å². The summed E-state index contributed by atoms with van der Waals surface area (Å²) in [5.41, 5.74) is 1.66. The molecule has 0 fully saturated rings. The van der Waals surface area contributed by atoms with Crippen LogP contribution in [0.25, 0.3) is 11.5 Å². The van der Waals surface area contributed by atoms with Gasteiger partial charge in [0.1, 0.15) is 5.76 Å². The second kappa shape index (κ2) is 6.58. The largest absolute Gasteiger partial charge is 0.448 e. The van der Waals surface area contributed by atoms with Crippen molar-refractivity contribution in [3.8, 4) is 11.5 Å². The van der Waals surface area contributed by atoms with Gasteiger partial charge in [-0.2, -0.15) is 4.98 Å². The Labute approximate surface area is 139 Å². The Morgan fingerprint density at radius 1 is 1.17 bits per heavy atom. The Hall–Kier alpha value is -2.45. The summed E-state index contributed by atoms with van der Waals surface area (Å²) in [5.74, 6) is 1.21. The van der Waals surface area contributed by atoms with Crippen molar-refractivity contribution in [1.29, 1.82) is 0 Å². The van der Waals surface area contributed by atoms with Crippen LogP contribution in [0.4, 0.5) is 0 Å². The lowest BCUT2D eigenvalue weighted by atomic mass is 10.1. The van der Waals surface area contributed by atoms with E-state index in [9.17, 15) is 8.42 Å². The molecule has 0 bridgehead atoms. The van der Waals surface area contributed by atoms with E-state index in [1.165, 1.54) is 18.7 Å². The van der Waals surface area contributed by atoms with E-state index >= 15 is 0 Å². The monoisotopic (exact) mass is 347 g/mol. The number of rotatable bonds is 6. The molecule has 0 saturated heterocycles. The standard InChI is InChI=1S/C16H17N3O4S/c1-11-13(10-15(22-11)24(20,21)17-2)16-18-14(19-23-16)9-8-12-6-4-3-5-7-12/h3-7,10,17H,8-9H2,1-2H3. The van der Waals surface area contributed by atoms with Gasteiger partial charge in [-0.1, -0.05) is 35.5 Å². The highest BCUT2D eigenvalue weighted by Gasteiger charge is 2.22. The lowest BCUT2D eigenvalue weighted by Crippen LogP contribution is -2.17. The Morgan fingerprint density at radius 2 is 1.92 bits per heavy atom. The van der Waals surface area contributed by atoms with Crippen molar-refractivity contribution in [3.63, 3.8) is 0 Å². The fourth-order valence-corrected chi connectivity index (χ4v) is 2.97. The first-order chi connectivity index (χ1) is 11.5. The molecule has 126 valence electrons. The lowest BCUT2D eigenvalue weighted by molar-refractivity contribution is 0.415. The van der Waals surface area contributed by atoms with Crippen LogP contribution >= 0.6 is 0 Å². The van der Waals surface area contributed by atoms with Gasteiger partial charge in [-0.25, -0.2) is 13.1 Å². The molecule has 0 amide bonds. The highest BCUT2D eigenvalue weighted by molar-refractivity contribution is 7.89. The third-order valence-electron chi connectivity index (χ3n) is 3.61. The van der Waals surface area contributed by atoms with Crippen molar-refractivity contribution in [3.05, 3.63) is 53.5 Å². The van der Waals surface area contributed by atoms with E-state index in [0.717, 1.165) is 6.42 Å². The Bertz CT molecular complexity index is 929. The zero-order valence-electron chi connectivity index (χ0n) is 13.3. The van der Waals surface area contributed by atoms with Crippen LogP contribution in [0.15, 0.2) is 50.4 Å². The SMILES string of the molecule is CNS(=O)(=O)c1cc(-c2nc(CCc3ccccc3)no2)c(C)o1. The third-order valence-corrected chi connectivity index (χ3v) is 4.88. The molecule has 0 aliphatic rings. The van der Waals surface area contributed by atoms with Gasteiger partial charge in [-0.3, -0.25) is 0 Å². The molecule has 3 aromatic rings. The molecule has 0 aliphatic heterocycles. The van der Waals surface area contributed by atoms with E-state index < -0.39 is 10.0 Å². The topological polar surface area (TPSA) is 98.2 Å². The number of hydrogen-bond acceptors (Lipinski definition) is 6. The zero-order chi connectivity index (χ0) is 17.2. The maximum absolute atomic E-state index is 11.8. The summed E-state index contributed by atoms with van der Waals surface area (Å²) in [6, 6.07) is 11.4. The van der Waals surface area contributed by atoms with Gasteiger partial charge < -0.3 is 8.94 Å². The average Bonchev–Trinajstić information content (AvgIpc) is 3.20. The van der Waals surface area contributed by atoms with Crippen LogP contribution in [0, 0.1) is 6.92 Å². The van der Waals surface area contributed by atoms with Gasteiger partial charge in [-0.05, 0) is 26.0 Å². The first-order valence-electron chi connectivity index (χ1n) is 7.40. The first kappa shape index (κ1) is 16.4. The normalized spacial score (nSPS) is 11.8. The van der Waals surface area contributed by atoms with Gasteiger partial charge in [0.05, 0.1) is 5.56 Å². The van der Waals surface area contributed by atoms with Crippen molar-refractivity contribution in [2.24, 2.45) is 0 Å². The summed E-state index contributed by atoms with van der Waals surface area (Å²) in [6.45, 7) is 1.65. The quantitative estimate of drug-likeness (QED) is 0.735. The fraction of sp³-hybridized carbons (Fsp3) is 0.250. The van der Waals surface area contributed by atoms with E-state index in [1.807, 2.05) is 30.3 Å². The maximum Gasteiger partial charge on any atom is 0.273 e. The minimum absolute atomic E-state index is 0.179. The molecule has 2 heterocycles. The number of aromatic nitrogens is 2. The Kier molecular flexibility index (Phi) is 4.50. The van der Waals surface area contributed by atoms with Crippen molar-refractivity contribution in [2.45, 2.75) is 24.9 Å². The molecule has 0 unspecified atom stereocenters. The number of nitrogens with one attached hydrogen (secondary N) is 1. The van der Waals surface area contributed by atoms with Crippen LogP contribution in [0.3, 0.4) is 0 Å². The van der Waals surface area contributed by atoms with Crippen LogP contribution in [-0.2, 0) is 22.9 Å². The third kappa shape index (κ3) is 3.39. The molecule has 0 atom stereocenters. The fourth-order valence-electron chi connectivity index (χ4n) is 2.27. The van der Waals surface area contributed by atoms with E-state index in [4.69, 9.17) is 8.94 Å². The molecule has 1 N–H and O–H groups in total. The van der Waals surface area contributed by atoms with Crippen LogP contribution in [0.5, 0.6) is 0 Å². The summed E-state index contributed by atoms with van der Waals surface area (Å²) < 4.78 is 36.3. The van der Waals surface area contributed by atoms with Gasteiger partial charge in [0.25, 0.3) is 15.9 Å². The molecule has 0 radical (unpaired) electrons. The minimum atomic E-state index is -3.65. The van der Waals surface area contributed by atoms with Gasteiger partial charge in [-0.15, -0.1) is 0 Å². The summed E-state index contributed by atoms with van der Waals surface area (Å²) in [6.07, 6.45) is 1.43. The summed E-state index contributed by atoms with van der Waals surface area (Å²) >= 11 is 0. The number of aryl methyl sites for hydroxylation is 3. The van der Waals surface area contributed by atoms with Crippen LogP contribution < -0.4 is 4.72 Å². The predicted molar refractivity (Wildman–Crippen MR) is 86.8 cm³/mol. The number of benzene rings is 1. The van der Waals surface area contributed by atoms with E-state index in [2.05, 4.69) is 14.9 Å². The molecule has 24 heavy (non-hydrogen) atoms. The molecule has 0 spiro atoms. The van der Waals surface area contributed by atoms with Crippen molar-refractivity contribution >= 4 is 10.0 Å². The van der Waals surface area contributed by atoms with Crippen molar-refractivity contribution < 1.29 is 17.4 Å². The van der Waals surface area contributed by atoms with Gasteiger partial charge in [0.2, 0.25) is 5.09 Å². The summed E-state index contributed by atoms with van der Waals surface area (Å²) in [5, 5.41) is 3.77. The molecular weight excluding hydrogens is 330 g/mol. The first-order valence-corrected chi connectivity index (χ1v) is 8.89. The average molecular weight is 347 g/mol. The Morgan fingerprint density at radius 3 is 2.62 bits per heavy atom. The van der Waals surface area contributed by atoms with Crippen LogP contribution in [0.1, 0.15) is 17.1 Å². The van der Waals surface area contributed by atoms with E-state index in [1.54, 1.807) is 6.92 Å². The minimum Gasteiger partial charge on any atom is -0.448 e. The smallest absolute Gasteiger partial charge is 0.273 e. The van der Waals surface area contributed by atoms with Gasteiger partial charge >= 0.3 is 0 Å². The predicted octanol–water partition coefficient (Wildman–Crippen LogP) is 2.33. The number of nitrogens with zero attached hydrogens (tertiary/aromatic N) is 2. The molecule has 0 saturated carbocycles. The van der Waals surface area contributed by atoms with Crippen LogP contribution in [-0.4, -0.2) is 25.6 Å². The number of furan rings is 1. The van der Waals surface area contributed by atoms with Crippen molar-refractivity contribution in [2.75, 3.05) is 7.05 Å². The second-order valence-corrected chi connectivity index (χ2v) is 7.06. The molecule has 2 aromatic heterocycles. The highest BCUT2D eigenvalue weighted by Crippen LogP contribution is 2.27.